The van der Waals surface area contributed by atoms with Crippen LogP contribution in [0, 0.1) is 0 Å². The number of unbranched alkanes of at least 4 members (excludes halogenated alkanes) is 4. The van der Waals surface area contributed by atoms with Gasteiger partial charge in [-0.1, -0.05) is 44.7 Å². The standard InChI is InChI=1S/C14H22BrNO/c1-2-3-4-5-6-10-17-14-12(11-16)8-7-9-13(14)15/h7-9H,2-6,10-11,16H2,1H3. The summed E-state index contributed by atoms with van der Waals surface area (Å²) in [7, 11) is 0. The van der Waals surface area contributed by atoms with E-state index in [4.69, 9.17) is 10.5 Å². The van der Waals surface area contributed by atoms with E-state index in [9.17, 15) is 0 Å². The van der Waals surface area contributed by atoms with Crippen LogP contribution in [0.4, 0.5) is 0 Å². The smallest absolute Gasteiger partial charge is 0.137 e. The lowest BCUT2D eigenvalue weighted by Gasteiger charge is -2.12. The molecule has 0 radical (unpaired) electrons. The average molecular weight is 300 g/mol. The first kappa shape index (κ1) is 14.5. The normalized spacial score (nSPS) is 10.5. The van der Waals surface area contributed by atoms with Gasteiger partial charge in [0, 0.05) is 12.1 Å². The molecule has 0 saturated heterocycles. The molecule has 0 aromatic heterocycles. The van der Waals surface area contributed by atoms with Gasteiger partial charge in [-0.15, -0.1) is 0 Å². The Labute approximate surface area is 113 Å². The molecule has 1 aromatic rings. The van der Waals surface area contributed by atoms with Crippen LogP contribution in [0.25, 0.3) is 0 Å². The minimum atomic E-state index is 0.518. The lowest BCUT2D eigenvalue weighted by atomic mass is 10.1. The lowest BCUT2D eigenvalue weighted by molar-refractivity contribution is 0.300. The molecule has 0 unspecified atom stereocenters. The van der Waals surface area contributed by atoms with Crippen LogP contribution in [-0.2, 0) is 6.54 Å². The van der Waals surface area contributed by atoms with Crippen molar-refractivity contribution in [1.82, 2.24) is 0 Å². The van der Waals surface area contributed by atoms with Crippen molar-refractivity contribution in [2.75, 3.05) is 6.61 Å². The molecule has 0 saturated carbocycles. The quantitative estimate of drug-likeness (QED) is 0.728. The van der Waals surface area contributed by atoms with Crippen LogP contribution in [-0.4, -0.2) is 6.61 Å². The second-order valence-electron chi connectivity index (χ2n) is 4.19. The molecule has 1 aromatic carbocycles. The van der Waals surface area contributed by atoms with E-state index in [1.165, 1.54) is 25.7 Å². The van der Waals surface area contributed by atoms with Gasteiger partial charge in [0.25, 0.3) is 0 Å². The van der Waals surface area contributed by atoms with Crippen molar-refractivity contribution in [1.29, 1.82) is 0 Å². The summed E-state index contributed by atoms with van der Waals surface area (Å²) in [6.07, 6.45) is 6.27. The number of hydrogen-bond donors (Lipinski definition) is 1. The minimum absolute atomic E-state index is 0.518. The fourth-order valence-corrected chi connectivity index (χ4v) is 2.28. The number of para-hydroxylation sites is 1. The van der Waals surface area contributed by atoms with Crippen LogP contribution in [0.3, 0.4) is 0 Å². The Morgan fingerprint density at radius 1 is 1.18 bits per heavy atom. The summed E-state index contributed by atoms with van der Waals surface area (Å²) in [5.41, 5.74) is 6.75. The van der Waals surface area contributed by atoms with Gasteiger partial charge >= 0.3 is 0 Å². The van der Waals surface area contributed by atoms with Crippen LogP contribution in [0.5, 0.6) is 5.75 Å². The van der Waals surface area contributed by atoms with Crippen molar-refractivity contribution < 1.29 is 4.74 Å². The molecule has 0 aliphatic carbocycles. The molecular formula is C14H22BrNO. The number of benzene rings is 1. The monoisotopic (exact) mass is 299 g/mol. The maximum Gasteiger partial charge on any atom is 0.137 e. The molecule has 96 valence electrons. The van der Waals surface area contributed by atoms with E-state index in [2.05, 4.69) is 22.9 Å². The van der Waals surface area contributed by atoms with Crippen LogP contribution in [0.15, 0.2) is 22.7 Å². The number of hydrogen-bond acceptors (Lipinski definition) is 2. The molecular weight excluding hydrogens is 278 g/mol. The van der Waals surface area contributed by atoms with Crippen LogP contribution < -0.4 is 10.5 Å². The second-order valence-corrected chi connectivity index (χ2v) is 5.05. The molecule has 2 N–H and O–H groups in total. The minimum Gasteiger partial charge on any atom is -0.492 e. The van der Waals surface area contributed by atoms with Crippen molar-refractivity contribution in [3.63, 3.8) is 0 Å². The molecule has 1 rings (SSSR count). The molecule has 0 aliphatic rings. The van der Waals surface area contributed by atoms with Crippen LogP contribution >= 0.6 is 15.9 Å². The molecule has 0 bridgehead atoms. The topological polar surface area (TPSA) is 35.2 Å². The summed E-state index contributed by atoms with van der Waals surface area (Å²) in [6, 6.07) is 5.99. The summed E-state index contributed by atoms with van der Waals surface area (Å²) >= 11 is 3.50. The number of nitrogens with two attached hydrogens (primary N) is 1. The highest BCUT2D eigenvalue weighted by Crippen LogP contribution is 2.28. The summed E-state index contributed by atoms with van der Waals surface area (Å²) in [4.78, 5) is 0. The van der Waals surface area contributed by atoms with Crippen molar-refractivity contribution in [3.05, 3.63) is 28.2 Å². The van der Waals surface area contributed by atoms with Gasteiger partial charge < -0.3 is 10.5 Å². The zero-order valence-electron chi connectivity index (χ0n) is 10.5. The first-order valence-electron chi connectivity index (χ1n) is 6.39. The Morgan fingerprint density at radius 3 is 2.65 bits per heavy atom. The second kappa shape index (κ2) is 8.54. The third kappa shape index (κ3) is 5.09. The molecule has 0 amide bonds. The molecule has 0 aliphatic heterocycles. The van der Waals surface area contributed by atoms with Crippen molar-refractivity contribution in [3.8, 4) is 5.75 Å². The highest BCUT2D eigenvalue weighted by Gasteiger charge is 2.06. The first-order valence-corrected chi connectivity index (χ1v) is 7.19. The lowest BCUT2D eigenvalue weighted by Crippen LogP contribution is -2.04. The van der Waals surface area contributed by atoms with Gasteiger partial charge in [0.05, 0.1) is 11.1 Å². The van der Waals surface area contributed by atoms with Crippen molar-refractivity contribution in [2.45, 2.75) is 45.6 Å². The van der Waals surface area contributed by atoms with E-state index < -0.39 is 0 Å². The number of rotatable bonds is 8. The molecule has 0 fully saturated rings. The third-order valence-corrected chi connectivity index (χ3v) is 3.39. The maximum absolute atomic E-state index is 5.81. The Balaban J connectivity index is 2.35. The van der Waals surface area contributed by atoms with Gasteiger partial charge in [-0.25, -0.2) is 0 Å². The van der Waals surface area contributed by atoms with Crippen LogP contribution in [0.1, 0.15) is 44.6 Å². The van der Waals surface area contributed by atoms with E-state index in [1.54, 1.807) is 0 Å². The van der Waals surface area contributed by atoms with Gasteiger partial charge in [0.1, 0.15) is 5.75 Å². The third-order valence-electron chi connectivity index (χ3n) is 2.76. The van der Waals surface area contributed by atoms with Gasteiger partial charge in [-0.05, 0) is 28.4 Å². The molecule has 0 heterocycles. The Morgan fingerprint density at radius 2 is 1.94 bits per heavy atom. The predicted octanol–water partition coefficient (Wildman–Crippen LogP) is 4.26. The van der Waals surface area contributed by atoms with Gasteiger partial charge in [0.15, 0.2) is 0 Å². The fraction of sp³-hybridized carbons (Fsp3) is 0.571. The molecule has 17 heavy (non-hydrogen) atoms. The van der Waals surface area contributed by atoms with Gasteiger partial charge in [0.2, 0.25) is 0 Å². The van der Waals surface area contributed by atoms with E-state index >= 15 is 0 Å². The fourth-order valence-electron chi connectivity index (χ4n) is 1.76. The van der Waals surface area contributed by atoms with Crippen molar-refractivity contribution >= 4 is 15.9 Å². The zero-order chi connectivity index (χ0) is 12.5. The van der Waals surface area contributed by atoms with E-state index in [0.717, 1.165) is 28.8 Å². The molecule has 3 heteroatoms. The van der Waals surface area contributed by atoms with E-state index in [0.29, 0.717) is 6.54 Å². The Hall–Kier alpha value is -0.540. The Kier molecular flexibility index (Phi) is 7.29. The first-order chi connectivity index (χ1) is 8.29. The average Bonchev–Trinajstić information content (AvgIpc) is 2.35. The summed E-state index contributed by atoms with van der Waals surface area (Å²) in [5, 5.41) is 0. The maximum atomic E-state index is 5.81. The van der Waals surface area contributed by atoms with Crippen molar-refractivity contribution in [2.24, 2.45) is 5.73 Å². The van der Waals surface area contributed by atoms with Crippen LogP contribution in [0.2, 0.25) is 0 Å². The molecule has 2 nitrogen and oxygen atoms in total. The zero-order valence-corrected chi connectivity index (χ0v) is 12.1. The molecule has 0 spiro atoms. The Bertz CT molecular complexity index is 328. The van der Waals surface area contributed by atoms with Gasteiger partial charge in [-0.3, -0.25) is 0 Å². The molecule has 0 atom stereocenters. The predicted molar refractivity (Wildman–Crippen MR) is 76.3 cm³/mol. The van der Waals surface area contributed by atoms with E-state index in [-0.39, 0.29) is 0 Å². The summed E-state index contributed by atoms with van der Waals surface area (Å²) in [5.74, 6) is 0.908. The highest BCUT2D eigenvalue weighted by atomic mass is 79.9. The SMILES string of the molecule is CCCCCCCOc1c(Br)cccc1CN. The number of halogens is 1. The van der Waals surface area contributed by atoms with E-state index in [1.807, 2.05) is 18.2 Å². The largest absolute Gasteiger partial charge is 0.492 e. The van der Waals surface area contributed by atoms with Gasteiger partial charge in [-0.2, -0.15) is 0 Å². The summed E-state index contributed by atoms with van der Waals surface area (Å²) in [6.45, 7) is 3.52. The number of ether oxygens (including phenoxy) is 1. The highest BCUT2D eigenvalue weighted by molar-refractivity contribution is 9.10. The summed E-state index contributed by atoms with van der Waals surface area (Å²) < 4.78 is 6.81.